The first-order valence-electron chi connectivity index (χ1n) is 6.88. The van der Waals surface area contributed by atoms with Crippen LogP contribution in [0.15, 0.2) is 0 Å². The van der Waals surface area contributed by atoms with Crippen molar-refractivity contribution >= 4 is 12.0 Å². The molecule has 2 unspecified atom stereocenters. The molecule has 1 heterocycles. The molecule has 3 atom stereocenters. The van der Waals surface area contributed by atoms with Gasteiger partial charge in [0.2, 0.25) is 0 Å². The van der Waals surface area contributed by atoms with Crippen LogP contribution in [-0.4, -0.2) is 40.6 Å². The van der Waals surface area contributed by atoms with E-state index in [0.717, 1.165) is 25.7 Å². The predicted octanol–water partition coefficient (Wildman–Crippen LogP) is 1.82. The number of amides is 2. The summed E-state index contributed by atoms with van der Waals surface area (Å²) in [5, 5.41) is 12.1. The fourth-order valence-electron chi connectivity index (χ4n) is 3.09. The van der Waals surface area contributed by atoms with Crippen LogP contribution in [-0.2, 0) is 4.79 Å². The third-order valence-corrected chi connectivity index (χ3v) is 4.06. The van der Waals surface area contributed by atoms with E-state index in [9.17, 15) is 9.59 Å². The zero-order valence-electron chi connectivity index (χ0n) is 10.9. The average Bonchev–Trinajstić information content (AvgIpc) is 2.77. The van der Waals surface area contributed by atoms with Gasteiger partial charge >= 0.3 is 12.0 Å². The number of carboxylic acid groups (broad SMARTS) is 1. The highest BCUT2D eigenvalue weighted by molar-refractivity contribution is 5.83. The van der Waals surface area contributed by atoms with E-state index in [1.165, 1.54) is 11.3 Å². The lowest BCUT2D eigenvalue weighted by molar-refractivity contribution is -0.141. The van der Waals surface area contributed by atoms with Crippen molar-refractivity contribution in [3.8, 4) is 0 Å². The largest absolute Gasteiger partial charge is 0.480 e. The monoisotopic (exact) mass is 254 g/mol. The van der Waals surface area contributed by atoms with E-state index < -0.39 is 12.0 Å². The molecule has 0 aromatic rings. The van der Waals surface area contributed by atoms with Gasteiger partial charge in [-0.15, -0.1) is 0 Å². The summed E-state index contributed by atoms with van der Waals surface area (Å²) in [6.45, 7) is 2.76. The van der Waals surface area contributed by atoms with E-state index in [2.05, 4.69) is 12.2 Å². The summed E-state index contributed by atoms with van der Waals surface area (Å²) in [7, 11) is 0. The lowest BCUT2D eigenvalue weighted by atomic mass is 9.87. The van der Waals surface area contributed by atoms with E-state index in [4.69, 9.17) is 5.11 Å². The van der Waals surface area contributed by atoms with Crippen molar-refractivity contribution in [2.75, 3.05) is 6.54 Å². The van der Waals surface area contributed by atoms with Crippen LogP contribution in [0.4, 0.5) is 4.79 Å². The maximum absolute atomic E-state index is 12.1. The minimum Gasteiger partial charge on any atom is -0.480 e. The van der Waals surface area contributed by atoms with Crippen LogP contribution >= 0.6 is 0 Å². The van der Waals surface area contributed by atoms with Crippen molar-refractivity contribution in [1.82, 2.24) is 10.2 Å². The van der Waals surface area contributed by atoms with Gasteiger partial charge in [0.15, 0.2) is 0 Å². The second-order valence-electron chi connectivity index (χ2n) is 5.61. The molecule has 1 aliphatic carbocycles. The number of urea groups is 1. The molecule has 2 N–H and O–H groups in total. The standard InChI is InChI=1S/C13H22N2O3/c1-9-4-2-5-10(8-9)14-13(18)15-7-3-6-11(15)12(16)17/h9-11H,2-8H2,1H3,(H,14,18)(H,16,17)/t9?,10?,11-/m1/s1. The van der Waals surface area contributed by atoms with Gasteiger partial charge in [-0.3, -0.25) is 0 Å². The molecule has 5 heteroatoms. The van der Waals surface area contributed by atoms with Crippen LogP contribution < -0.4 is 5.32 Å². The zero-order valence-corrected chi connectivity index (χ0v) is 10.9. The second-order valence-corrected chi connectivity index (χ2v) is 5.61. The number of nitrogens with zero attached hydrogens (tertiary/aromatic N) is 1. The van der Waals surface area contributed by atoms with E-state index in [0.29, 0.717) is 18.9 Å². The van der Waals surface area contributed by atoms with Crippen LogP contribution in [0.25, 0.3) is 0 Å². The van der Waals surface area contributed by atoms with Gasteiger partial charge < -0.3 is 15.3 Å². The van der Waals surface area contributed by atoms with Crippen LogP contribution in [0.5, 0.6) is 0 Å². The van der Waals surface area contributed by atoms with Crippen molar-refractivity contribution in [3.05, 3.63) is 0 Å². The molecule has 0 aromatic carbocycles. The number of hydrogen-bond acceptors (Lipinski definition) is 2. The number of nitrogens with one attached hydrogen (secondary N) is 1. The highest BCUT2D eigenvalue weighted by Crippen LogP contribution is 2.24. The molecule has 2 fully saturated rings. The Kier molecular flexibility index (Phi) is 4.09. The van der Waals surface area contributed by atoms with E-state index in [1.807, 2.05) is 0 Å². The van der Waals surface area contributed by atoms with Gasteiger partial charge in [-0.25, -0.2) is 9.59 Å². The molecule has 0 bridgehead atoms. The maximum Gasteiger partial charge on any atom is 0.326 e. The van der Waals surface area contributed by atoms with E-state index >= 15 is 0 Å². The molecular formula is C13H22N2O3. The molecular weight excluding hydrogens is 232 g/mol. The lowest BCUT2D eigenvalue weighted by Crippen LogP contribution is -2.49. The van der Waals surface area contributed by atoms with Gasteiger partial charge in [0, 0.05) is 12.6 Å². The SMILES string of the molecule is CC1CCCC(NC(=O)N2CCC[C@@H]2C(=O)O)C1. The topological polar surface area (TPSA) is 69.6 Å². The highest BCUT2D eigenvalue weighted by Gasteiger charge is 2.35. The number of carbonyl (C=O) groups is 2. The number of likely N-dealkylation sites (tertiary alicyclic amines) is 1. The van der Waals surface area contributed by atoms with Crippen LogP contribution in [0, 0.1) is 5.92 Å². The molecule has 0 aromatic heterocycles. The molecule has 1 aliphatic heterocycles. The molecule has 0 radical (unpaired) electrons. The fourth-order valence-corrected chi connectivity index (χ4v) is 3.09. The van der Waals surface area contributed by atoms with Crippen molar-refractivity contribution < 1.29 is 14.7 Å². The zero-order chi connectivity index (χ0) is 13.1. The summed E-state index contributed by atoms with van der Waals surface area (Å²) in [6.07, 6.45) is 5.76. The molecule has 2 amide bonds. The highest BCUT2D eigenvalue weighted by atomic mass is 16.4. The van der Waals surface area contributed by atoms with Gasteiger partial charge in [0.05, 0.1) is 0 Å². The normalized spacial score (nSPS) is 32.3. The van der Waals surface area contributed by atoms with Crippen molar-refractivity contribution in [2.24, 2.45) is 5.92 Å². The second kappa shape index (κ2) is 5.59. The van der Waals surface area contributed by atoms with Crippen LogP contribution in [0.3, 0.4) is 0 Å². The van der Waals surface area contributed by atoms with Gasteiger partial charge in [-0.1, -0.05) is 19.8 Å². The summed E-state index contributed by atoms with van der Waals surface area (Å²) in [4.78, 5) is 24.6. The van der Waals surface area contributed by atoms with Crippen LogP contribution in [0.1, 0.15) is 45.4 Å². The quantitative estimate of drug-likeness (QED) is 0.789. The van der Waals surface area contributed by atoms with Gasteiger partial charge in [0.1, 0.15) is 6.04 Å². The van der Waals surface area contributed by atoms with E-state index in [-0.39, 0.29) is 12.1 Å². The summed E-state index contributed by atoms with van der Waals surface area (Å²) >= 11 is 0. The van der Waals surface area contributed by atoms with Gasteiger partial charge in [-0.05, 0) is 31.6 Å². The Morgan fingerprint density at radius 2 is 2.00 bits per heavy atom. The number of aliphatic carboxylic acids is 1. The Bertz CT molecular complexity index is 332. The minimum absolute atomic E-state index is 0.195. The third-order valence-electron chi connectivity index (χ3n) is 4.06. The minimum atomic E-state index is -0.889. The number of carbonyl (C=O) groups excluding carboxylic acids is 1. The molecule has 2 aliphatic rings. The predicted molar refractivity (Wildman–Crippen MR) is 67.3 cm³/mol. The fraction of sp³-hybridized carbons (Fsp3) is 0.846. The first kappa shape index (κ1) is 13.2. The molecule has 5 nitrogen and oxygen atoms in total. The van der Waals surface area contributed by atoms with E-state index in [1.54, 1.807) is 0 Å². The van der Waals surface area contributed by atoms with Crippen molar-refractivity contribution in [2.45, 2.75) is 57.5 Å². The van der Waals surface area contributed by atoms with Gasteiger partial charge in [-0.2, -0.15) is 0 Å². The Morgan fingerprint density at radius 3 is 2.67 bits per heavy atom. The molecule has 1 saturated carbocycles. The Morgan fingerprint density at radius 1 is 1.22 bits per heavy atom. The Hall–Kier alpha value is -1.26. The maximum atomic E-state index is 12.1. The molecule has 2 rings (SSSR count). The molecule has 102 valence electrons. The first-order valence-corrected chi connectivity index (χ1v) is 6.88. The number of carboxylic acids is 1. The molecule has 18 heavy (non-hydrogen) atoms. The number of hydrogen-bond donors (Lipinski definition) is 2. The third kappa shape index (κ3) is 2.94. The van der Waals surface area contributed by atoms with Crippen molar-refractivity contribution in [1.29, 1.82) is 0 Å². The summed E-state index contributed by atoms with van der Waals surface area (Å²) in [5.74, 6) is -0.238. The summed E-state index contributed by atoms with van der Waals surface area (Å²) in [5.41, 5.74) is 0. The van der Waals surface area contributed by atoms with Gasteiger partial charge in [0.25, 0.3) is 0 Å². The smallest absolute Gasteiger partial charge is 0.326 e. The Labute approximate surface area is 108 Å². The van der Waals surface area contributed by atoms with Crippen molar-refractivity contribution in [3.63, 3.8) is 0 Å². The summed E-state index contributed by atoms with van der Waals surface area (Å²) in [6, 6.07) is -0.610. The number of rotatable bonds is 2. The first-order chi connectivity index (χ1) is 8.58. The lowest BCUT2D eigenvalue weighted by Gasteiger charge is -2.30. The van der Waals surface area contributed by atoms with Crippen LogP contribution in [0.2, 0.25) is 0 Å². The average molecular weight is 254 g/mol. The molecule has 0 spiro atoms. The Balaban J connectivity index is 1.89. The molecule has 1 saturated heterocycles. The summed E-state index contributed by atoms with van der Waals surface area (Å²) < 4.78 is 0.